The van der Waals surface area contributed by atoms with Gasteiger partial charge in [0, 0.05) is 26.2 Å². The number of hydrogen-bond acceptors (Lipinski definition) is 5. The van der Waals surface area contributed by atoms with E-state index in [0.717, 1.165) is 10.3 Å². The molecule has 0 radical (unpaired) electrons. The van der Waals surface area contributed by atoms with E-state index in [1.54, 1.807) is 14.0 Å². The molecule has 0 amide bonds. The highest BCUT2D eigenvalue weighted by Gasteiger charge is 2.23. The van der Waals surface area contributed by atoms with E-state index in [-0.39, 0.29) is 17.9 Å². The Bertz CT molecular complexity index is 697. The zero-order valence-electron chi connectivity index (χ0n) is 11.8. The molecule has 7 heteroatoms. The summed E-state index contributed by atoms with van der Waals surface area (Å²) in [6.07, 6.45) is 1.05. The summed E-state index contributed by atoms with van der Waals surface area (Å²) >= 11 is 0. The van der Waals surface area contributed by atoms with Crippen molar-refractivity contribution in [3.63, 3.8) is 0 Å². The zero-order valence-corrected chi connectivity index (χ0v) is 11.8. The molecule has 20 heavy (non-hydrogen) atoms. The molecule has 0 N–H and O–H groups in total. The van der Waals surface area contributed by atoms with Crippen LogP contribution in [0.4, 0.5) is 5.82 Å². The molecule has 2 heterocycles. The highest BCUT2D eigenvalue weighted by molar-refractivity contribution is 5.94. The van der Waals surface area contributed by atoms with Crippen molar-refractivity contribution in [2.45, 2.75) is 26.2 Å². The van der Waals surface area contributed by atoms with Gasteiger partial charge in [0.2, 0.25) is 0 Å². The third-order valence-electron chi connectivity index (χ3n) is 3.29. The molecule has 0 saturated heterocycles. The van der Waals surface area contributed by atoms with Crippen LogP contribution in [0.1, 0.15) is 25.3 Å². The highest BCUT2D eigenvalue weighted by Crippen LogP contribution is 2.23. The Balaban J connectivity index is 2.22. The van der Waals surface area contributed by atoms with Crippen molar-refractivity contribution in [3.05, 3.63) is 26.4 Å². The van der Waals surface area contributed by atoms with Gasteiger partial charge in [-0.2, -0.15) is 0 Å². The number of esters is 1. The summed E-state index contributed by atoms with van der Waals surface area (Å²) in [5, 5.41) is 0. The van der Waals surface area contributed by atoms with E-state index in [1.165, 1.54) is 11.6 Å². The summed E-state index contributed by atoms with van der Waals surface area (Å²) in [7, 11) is 3.03. The van der Waals surface area contributed by atoms with Gasteiger partial charge in [0.15, 0.2) is 0 Å². The average molecular weight is 279 g/mol. The number of ether oxygens (including phenoxy) is 1. The van der Waals surface area contributed by atoms with Gasteiger partial charge in [-0.1, -0.05) is 0 Å². The van der Waals surface area contributed by atoms with Crippen LogP contribution in [0.25, 0.3) is 0 Å². The smallest absolute Gasteiger partial charge is 0.332 e. The minimum Gasteiger partial charge on any atom is -0.466 e. The topological polar surface area (TPSA) is 82.7 Å². The highest BCUT2D eigenvalue weighted by atomic mass is 16.5. The molecule has 0 aliphatic carbocycles. The van der Waals surface area contributed by atoms with Crippen molar-refractivity contribution < 1.29 is 9.53 Å². The molecule has 7 nitrogen and oxygen atoms in total. The fourth-order valence-corrected chi connectivity index (χ4v) is 2.22. The molecule has 2 rings (SSSR count). The molecule has 0 atom stereocenters. The number of aliphatic imine (C=N–C) groups is 1. The summed E-state index contributed by atoms with van der Waals surface area (Å²) in [6.45, 7) is 2.10. The van der Waals surface area contributed by atoms with E-state index in [0.29, 0.717) is 30.8 Å². The largest absolute Gasteiger partial charge is 0.466 e. The number of carbonyl (C=O) groups is 1. The van der Waals surface area contributed by atoms with Crippen molar-refractivity contribution >= 4 is 17.5 Å². The number of carbonyl (C=O) groups excluding carboxylic acids is 1. The number of nitrogens with zero attached hydrogens (tertiary/aromatic N) is 3. The van der Waals surface area contributed by atoms with Crippen molar-refractivity contribution in [2.24, 2.45) is 19.1 Å². The maximum atomic E-state index is 12.0. The first kappa shape index (κ1) is 14.2. The van der Waals surface area contributed by atoms with E-state index >= 15 is 0 Å². The van der Waals surface area contributed by atoms with Crippen LogP contribution in [0.5, 0.6) is 0 Å². The van der Waals surface area contributed by atoms with Gasteiger partial charge < -0.3 is 4.74 Å². The number of hydrogen-bond donors (Lipinski definition) is 0. The van der Waals surface area contributed by atoms with Gasteiger partial charge in [-0.3, -0.25) is 18.7 Å². The maximum Gasteiger partial charge on any atom is 0.332 e. The van der Waals surface area contributed by atoms with E-state index in [1.807, 2.05) is 0 Å². The van der Waals surface area contributed by atoms with Crippen molar-refractivity contribution in [1.82, 2.24) is 9.13 Å². The zero-order chi connectivity index (χ0) is 14.9. The predicted octanol–water partition coefficient (Wildman–Crippen LogP) is 0.0559. The van der Waals surface area contributed by atoms with Crippen LogP contribution in [0.3, 0.4) is 0 Å². The van der Waals surface area contributed by atoms with Crippen LogP contribution in [0, 0.1) is 0 Å². The van der Waals surface area contributed by atoms with Gasteiger partial charge in [0.1, 0.15) is 5.82 Å². The molecule has 0 bridgehead atoms. The molecular weight excluding hydrogens is 262 g/mol. The Kier molecular flexibility index (Phi) is 3.87. The summed E-state index contributed by atoms with van der Waals surface area (Å²) in [4.78, 5) is 39.4. The number of rotatable bonds is 4. The normalized spacial score (nSPS) is 13.1. The quantitative estimate of drug-likeness (QED) is 0.729. The van der Waals surface area contributed by atoms with Crippen LogP contribution in [-0.4, -0.2) is 27.4 Å². The summed E-state index contributed by atoms with van der Waals surface area (Å²) in [6, 6.07) is 0. The van der Waals surface area contributed by atoms with Crippen LogP contribution in [0.15, 0.2) is 14.6 Å². The summed E-state index contributed by atoms with van der Waals surface area (Å²) in [5.41, 5.74) is 0.516. The second-order valence-electron chi connectivity index (χ2n) is 4.67. The molecular formula is C13H17N3O4. The minimum absolute atomic E-state index is 0.231. The predicted molar refractivity (Wildman–Crippen MR) is 73.6 cm³/mol. The van der Waals surface area contributed by atoms with E-state index in [9.17, 15) is 14.4 Å². The van der Waals surface area contributed by atoms with Gasteiger partial charge in [0.25, 0.3) is 5.56 Å². The second kappa shape index (κ2) is 5.44. The third-order valence-corrected chi connectivity index (χ3v) is 3.29. The molecule has 0 saturated carbocycles. The molecule has 0 aromatic carbocycles. The Morgan fingerprint density at radius 1 is 1.30 bits per heavy atom. The van der Waals surface area contributed by atoms with Crippen LogP contribution in [0.2, 0.25) is 0 Å². The van der Waals surface area contributed by atoms with Gasteiger partial charge in [0.05, 0.1) is 18.6 Å². The third kappa shape index (κ3) is 2.43. The molecule has 1 aliphatic heterocycles. The van der Waals surface area contributed by atoms with Crippen molar-refractivity contribution in [3.8, 4) is 0 Å². The molecule has 1 aromatic rings. The lowest BCUT2D eigenvalue weighted by Crippen LogP contribution is -2.38. The van der Waals surface area contributed by atoms with Gasteiger partial charge >= 0.3 is 11.7 Å². The lowest BCUT2D eigenvalue weighted by Gasteiger charge is -2.05. The van der Waals surface area contributed by atoms with Crippen molar-refractivity contribution in [1.29, 1.82) is 0 Å². The molecule has 1 aromatic heterocycles. The maximum absolute atomic E-state index is 12.0. The van der Waals surface area contributed by atoms with E-state index in [4.69, 9.17) is 4.74 Å². The lowest BCUT2D eigenvalue weighted by molar-refractivity contribution is -0.142. The lowest BCUT2D eigenvalue weighted by atomic mass is 10.1. The molecule has 108 valence electrons. The van der Waals surface area contributed by atoms with Gasteiger partial charge in [-0.25, -0.2) is 9.79 Å². The monoisotopic (exact) mass is 279 g/mol. The van der Waals surface area contributed by atoms with E-state index in [2.05, 4.69) is 4.99 Å². The van der Waals surface area contributed by atoms with Gasteiger partial charge in [-0.05, 0) is 13.3 Å². The average Bonchev–Trinajstić information content (AvgIpc) is 2.85. The Morgan fingerprint density at radius 2 is 2.00 bits per heavy atom. The Hall–Kier alpha value is -2.18. The molecule has 0 unspecified atom stereocenters. The first-order valence-electron chi connectivity index (χ1n) is 6.46. The standard InChI is InChI=1S/C13H17N3O4/c1-4-20-10(17)6-5-8-7-9-11(14-8)15(2)13(19)16(3)12(9)18/h4-7H2,1-3H3. The summed E-state index contributed by atoms with van der Waals surface area (Å²) < 4.78 is 7.28. The van der Waals surface area contributed by atoms with E-state index < -0.39 is 5.69 Å². The van der Waals surface area contributed by atoms with Gasteiger partial charge in [-0.15, -0.1) is 0 Å². The molecule has 1 aliphatic rings. The minimum atomic E-state index is -0.399. The Labute approximate surface area is 115 Å². The fourth-order valence-electron chi connectivity index (χ4n) is 2.22. The second-order valence-corrected chi connectivity index (χ2v) is 4.67. The Morgan fingerprint density at radius 3 is 2.65 bits per heavy atom. The first-order chi connectivity index (χ1) is 9.45. The summed E-state index contributed by atoms with van der Waals surface area (Å²) in [5.74, 6) is 0.116. The van der Waals surface area contributed by atoms with Crippen LogP contribution in [-0.2, 0) is 30.0 Å². The first-order valence-corrected chi connectivity index (χ1v) is 6.46. The van der Waals surface area contributed by atoms with Crippen molar-refractivity contribution in [2.75, 3.05) is 6.61 Å². The number of aromatic nitrogens is 2. The number of fused-ring (bicyclic) bond motifs is 1. The molecule has 0 fully saturated rings. The SMILES string of the molecule is CCOC(=O)CCC1=Nc2c(c(=O)n(C)c(=O)n2C)C1. The fraction of sp³-hybridized carbons (Fsp3) is 0.538. The molecule has 0 spiro atoms. The van der Waals surface area contributed by atoms with Crippen LogP contribution >= 0.6 is 0 Å². The van der Waals surface area contributed by atoms with Crippen LogP contribution < -0.4 is 11.2 Å².